The summed E-state index contributed by atoms with van der Waals surface area (Å²) >= 11 is 5.84. The highest BCUT2D eigenvalue weighted by Gasteiger charge is 2.43. The van der Waals surface area contributed by atoms with Crippen molar-refractivity contribution in [1.82, 2.24) is 9.88 Å². The molecule has 3 atom stereocenters. The number of esters is 1. The van der Waals surface area contributed by atoms with Crippen molar-refractivity contribution in [2.45, 2.75) is 70.2 Å². The SMILES string of the molecule is CC(C)(C)OC(=O)CC(C(=O)N1C[C@H](F)C[C@H]1C(=O)CCc1cccc(Cl)c1F)c1c[nH]c2ccccc12. The standard InChI is InChI=1S/C29H31ClF2N2O4/c1-29(2,3)38-26(36)14-20(21-15-33-23-10-5-4-8-19(21)23)28(37)34-16-18(31)13-24(34)25(35)12-11-17-7-6-9-22(30)27(17)32/h4-10,15,18,20,24,33H,11-14,16H2,1-3H3/t18-,20?,24+/m1/s1. The number of amides is 1. The number of carbonyl (C=O) groups is 3. The first-order valence-electron chi connectivity index (χ1n) is 12.6. The van der Waals surface area contributed by atoms with Gasteiger partial charge in [0.2, 0.25) is 5.91 Å². The fourth-order valence-electron chi connectivity index (χ4n) is 4.96. The Labute approximate surface area is 225 Å². The third kappa shape index (κ3) is 6.23. The molecule has 0 saturated carbocycles. The van der Waals surface area contributed by atoms with Crippen LogP contribution in [0, 0.1) is 5.82 Å². The quantitative estimate of drug-likeness (QED) is 0.357. The van der Waals surface area contributed by atoms with Crippen LogP contribution in [0.25, 0.3) is 10.9 Å². The molecule has 0 bridgehead atoms. The molecule has 1 N–H and O–H groups in total. The monoisotopic (exact) mass is 544 g/mol. The highest BCUT2D eigenvalue weighted by Crippen LogP contribution is 2.34. The molecule has 0 aliphatic carbocycles. The maximum atomic E-state index is 14.6. The number of nitrogens with zero attached hydrogens (tertiary/aromatic N) is 1. The number of aromatic nitrogens is 1. The fraction of sp³-hybridized carbons (Fsp3) is 0.414. The lowest BCUT2D eigenvalue weighted by Crippen LogP contribution is -2.43. The third-order valence-electron chi connectivity index (χ3n) is 6.66. The van der Waals surface area contributed by atoms with Gasteiger partial charge in [0.15, 0.2) is 5.78 Å². The summed E-state index contributed by atoms with van der Waals surface area (Å²) in [7, 11) is 0. The Morgan fingerprint density at radius 3 is 2.63 bits per heavy atom. The van der Waals surface area contributed by atoms with Gasteiger partial charge in [0.1, 0.15) is 17.6 Å². The second kappa shape index (κ2) is 11.2. The number of fused-ring (bicyclic) bond motifs is 1. The van der Waals surface area contributed by atoms with Crippen LogP contribution < -0.4 is 0 Å². The van der Waals surface area contributed by atoms with Crippen molar-refractivity contribution < 1.29 is 27.9 Å². The molecule has 1 saturated heterocycles. The van der Waals surface area contributed by atoms with Crippen LogP contribution in [0.4, 0.5) is 8.78 Å². The van der Waals surface area contributed by atoms with Gasteiger partial charge >= 0.3 is 5.97 Å². The smallest absolute Gasteiger partial charge is 0.307 e. The molecule has 1 aliphatic heterocycles. The molecule has 6 nitrogen and oxygen atoms in total. The van der Waals surface area contributed by atoms with Gasteiger partial charge in [-0.25, -0.2) is 8.78 Å². The number of aromatic amines is 1. The van der Waals surface area contributed by atoms with E-state index in [0.29, 0.717) is 5.56 Å². The summed E-state index contributed by atoms with van der Waals surface area (Å²) < 4.78 is 34.4. The Morgan fingerprint density at radius 2 is 1.89 bits per heavy atom. The summed E-state index contributed by atoms with van der Waals surface area (Å²) in [5, 5.41) is 0.713. The molecule has 9 heteroatoms. The van der Waals surface area contributed by atoms with Gasteiger partial charge in [-0.3, -0.25) is 14.4 Å². The zero-order valence-corrected chi connectivity index (χ0v) is 22.4. The highest BCUT2D eigenvalue weighted by atomic mass is 35.5. The zero-order valence-electron chi connectivity index (χ0n) is 21.6. The molecule has 3 aromatic rings. The molecular formula is C29H31ClF2N2O4. The van der Waals surface area contributed by atoms with Gasteiger partial charge in [-0.2, -0.15) is 0 Å². The van der Waals surface area contributed by atoms with Crippen LogP contribution in [0.15, 0.2) is 48.7 Å². The number of aryl methyl sites for hydroxylation is 1. The van der Waals surface area contributed by atoms with Gasteiger partial charge in [0.25, 0.3) is 0 Å². The van der Waals surface area contributed by atoms with Crippen LogP contribution in [0.2, 0.25) is 5.02 Å². The van der Waals surface area contributed by atoms with Crippen molar-refractivity contribution in [1.29, 1.82) is 0 Å². The molecule has 2 heterocycles. The van der Waals surface area contributed by atoms with Crippen molar-refractivity contribution in [2.75, 3.05) is 6.54 Å². The topological polar surface area (TPSA) is 79.5 Å². The molecule has 38 heavy (non-hydrogen) atoms. The Bertz CT molecular complexity index is 1350. The molecule has 202 valence electrons. The maximum Gasteiger partial charge on any atom is 0.307 e. The average molecular weight is 545 g/mol. The van der Waals surface area contributed by atoms with Gasteiger partial charge in [-0.1, -0.05) is 41.9 Å². The number of carbonyl (C=O) groups excluding carboxylic acids is 3. The Kier molecular flexibility index (Phi) is 8.21. The predicted molar refractivity (Wildman–Crippen MR) is 141 cm³/mol. The lowest BCUT2D eigenvalue weighted by atomic mass is 9.92. The number of ether oxygens (including phenoxy) is 1. The number of hydrogen-bond acceptors (Lipinski definition) is 4. The van der Waals surface area contributed by atoms with Crippen molar-refractivity contribution in [3.63, 3.8) is 0 Å². The first kappa shape index (κ1) is 27.8. The largest absolute Gasteiger partial charge is 0.460 e. The summed E-state index contributed by atoms with van der Waals surface area (Å²) in [5.74, 6) is -3.04. The molecule has 4 rings (SSSR count). The number of halogens is 3. The summed E-state index contributed by atoms with van der Waals surface area (Å²) in [4.78, 5) is 44.3. The maximum absolute atomic E-state index is 14.6. The minimum Gasteiger partial charge on any atom is -0.460 e. The number of Topliss-reactive ketones (excluding diaryl/α,β-unsaturated/α-hetero) is 1. The first-order chi connectivity index (χ1) is 17.9. The van der Waals surface area contributed by atoms with Crippen molar-refractivity contribution in [2.24, 2.45) is 0 Å². The van der Waals surface area contributed by atoms with Gasteiger partial charge in [0.05, 0.1) is 29.9 Å². The number of benzene rings is 2. The number of ketones is 1. The van der Waals surface area contributed by atoms with Crippen LogP contribution in [0.5, 0.6) is 0 Å². The molecule has 0 spiro atoms. The van der Waals surface area contributed by atoms with E-state index in [0.717, 1.165) is 10.9 Å². The van der Waals surface area contributed by atoms with Gasteiger partial charge in [-0.15, -0.1) is 0 Å². The molecular weight excluding hydrogens is 514 g/mol. The number of hydrogen-bond donors (Lipinski definition) is 1. The molecule has 2 aromatic carbocycles. The molecule has 1 unspecified atom stereocenters. The second-order valence-corrected chi connectivity index (χ2v) is 11.1. The lowest BCUT2D eigenvalue weighted by molar-refractivity contribution is -0.157. The minimum absolute atomic E-state index is 0.0415. The minimum atomic E-state index is -1.39. The Hall–Kier alpha value is -3.26. The van der Waals surface area contributed by atoms with Crippen LogP contribution in [-0.2, 0) is 25.5 Å². The van der Waals surface area contributed by atoms with E-state index in [-0.39, 0.29) is 48.6 Å². The Morgan fingerprint density at radius 1 is 1.16 bits per heavy atom. The predicted octanol–water partition coefficient (Wildman–Crippen LogP) is 5.92. The number of alkyl halides is 1. The van der Waals surface area contributed by atoms with E-state index in [1.807, 2.05) is 24.3 Å². The first-order valence-corrected chi connectivity index (χ1v) is 13.0. The number of nitrogens with one attached hydrogen (secondary N) is 1. The Balaban J connectivity index is 1.59. The fourth-order valence-corrected chi connectivity index (χ4v) is 5.16. The van der Waals surface area contributed by atoms with E-state index in [1.165, 1.54) is 17.0 Å². The van der Waals surface area contributed by atoms with Crippen LogP contribution in [0.3, 0.4) is 0 Å². The van der Waals surface area contributed by atoms with Crippen LogP contribution in [0.1, 0.15) is 57.1 Å². The summed E-state index contributed by atoms with van der Waals surface area (Å²) in [6.45, 7) is 4.95. The van der Waals surface area contributed by atoms with Gasteiger partial charge in [0, 0.05) is 29.9 Å². The van der Waals surface area contributed by atoms with E-state index < -0.39 is 41.4 Å². The van der Waals surface area contributed by atoms with E-state index >= 15 is 0 Å². The number of H-pyrrole nitrogens is 1. The number of likely N-dealkylation sites (tertiary alicyclic amines) is 1. The van der Waals surface area contributed by atoms with E-state index in [9.17, 15) is 23.2 Å². The lowest BCUT2D eigenvalue weighted by Gasteiger charge is -2.28. The van der Waals surface area contributed by atoms with Gasteiger partial charge < -0.3 is 14.6 Å². The number of rotatable bonds is 8. The molecule has 0 radical (unpaired) electrons. The van der Waals surface area contributed by atoms with Crippen LogP contribution >= 0.6 is 11.6 Å². The molecule has 1 aromatic heterocycles. The number of para-hydroxylation sites is 1. The van der Waals surface area contributed by atoms with E-state index in [4.69, 9.17) is 16.3 Å². The van der Waals surface area contributed by atoms with Crippen molar-refractivity contribution in [3.05, 3.63) is 70.6 Å². The zero-order chi connectivity index (χ0) is 27.6. The molecule has 1 amide bonds. The molecule has 1 fully saturated rings. The van der Waals surface area contributed by atoms with Crippen molar-refractivity contribution in [3.8, 4) is 0 Å². The van der Waals surface area contributed by atoms with E-state index in [2.05, 4.69) is 4.98 Å². The molecule has 1 aliphatic rings. The van der Waals surface area contributed by atoms with Crippen molar-refractivity contribution >= 4 is 40.2 Å². The third-order valence-corrected chi connectivity index (χ3v) is 6.95. The van der Waals surface area contributed by atoms with Gasteiger partial charge in [-0.05, 0) is 50.5 Å². The second-order valence-electron chi connectivity index (χ2n) is 10.7. The average Bonchev–Trinajstić information content (AvgIpc) is 3.45. The highest BCUT2D eigenvalue weighted by molar-refractivity contribution is 6.30. The normalized spacial score (nSPS) is 18.5. The summed E-state index contributed by atoms with van der Waals surface area (Å²) in [5.41, 5.74) is 0.882. The summed E-state index contributed by atoms with van der Waals surface area (Å²) in [6, 6.07) is 10.9. The van der Waals surface area contributed by atoms with Crippen LogP contribution in [-0.4, -0.2) is 51.9 Å². The van der Waals surface area contributed by atoms with E-state index in [1.54, 1.807) is 33.0 Å². The summed E-state index contributed by atoms with van der Waals surface area (Å²) in [6.07, 6.45) is -0.136.